The SMILES string of the molecule is C=C(C1(O)CC2CCCC(C1)N2Cc1ccccc1)[Si](C)(C)C. The van der Waals surface area contributed by atoms with Gasteiger partial charge in [-0.1, -0.05) is 61.6 Å². The molecule has 2 unspecified atom stereocenters. The Morgan fingerprint density at radius 2 is 1.74 bits per heavy atom. The molecule has 2 heterocycles. The summed E-state index contributed by atoms with van der Waals surface area (Å²) in [6.07, 6.45) is 5.48. The zero-order valence-electron chi connectivity index (χ0n) is 14.9. The lowest BCUT2D eigenvalue weighted by Gasteiger charge is -2.54. The number of fused-ring (bicyclic) bond motifs is 2. The Hall–Kier alpha value is -0.903. The Kier molecular flexibility index (Phi) is 4.56. The largest absolute Gasteiger partial charge is 0.386 e. The van der Waals surface area contributed by atoms with Gasteiger partial charge < -0.3 is 5.11 Å². The van der Waals surface area contributed by atoms with Crippen LogP contribution in [0.1, 0.15) is 37.7 Å². The molecule has 2 saturated heterocycles. The molecule has 0 amide bonds. The Morgan fingerprint density at radius 3 is 2.26 bits per heavy atom. The van der Waals surface area contributed by atoms with E-state index in [0.717, 1.165) is 24.6 Å². The van der Waals surface area contributed by atoms with Crippen molar-refractivity contribution in [3.8, 4) is 0 Å². The average molecular weight is 330 g/mol. The first kappa shape index (κ1) is 16.9. The minimum absolute atomic E-state index is 0.501. The highest BCUT2D eigenvalue weighted by Gasteiger charge is 2.48. The van der Waals surface area contributed by atoms with Crippen LogP contribution in [-0.4, -0.2) is 35.8 Å². The van der Waals surface area contributed by atoms with Crippen LogP contribution in [-0.2, 0) is 6.54 Å². The molecule has 0 aromatic heterocycles. The molecule has 1 N–H and O–H groups in total. The highest BCUT2D eigenvalue weighted by molar-refractivity contribution is 6.83. The summed E-state index contributed by atoms with van der Waals surface area (Å²) in [5.74, 6) is 0. The van der Waals surface area contributed by atoms with Gasteiger partial charge >= 0.3 is 0 Å². The predicted octanol–water partition coefficient (Wildman–Crippen LogP) is 4.37. The van der Waals surface area contributed by atoms with E-state index in [-0.39, 0.29) is 0 Å². The molecule has 2 aliphatic rings. The smallest absolute Gasteiger partial charge is 0.0849 e. The Morgan fingerprint density at radius 1 is 1.17 bits per heavy atom. The van der Waals surface area contributed by atoms with Crippen molar-refractivity contribution in [3.63, 3.8) is 0 Å². The monoisotopic (exact) mass is 329 g/mol. The van der Waals surface area contributed by atoms with Gasteiger partial charge in [-0.2, -0.15) is 0 Å². The minimum Gasteiger partial charge on any atom is -0.386 e. The molecule has 2 aliphatic heterocycles. The Balaban J connectivity index is 1.79. The summed E-state index contributed by atoms with van der Waals surface area (Å²) in [4.78, 5) is 2.66. The first-order valence-corrected chi connectivity index (χ1v) is 12.5. The zero-order chi connectivity index (χ0) is 16.7. The van der Waals surface area contributed by atoms with Crippen molar-refractivity contribution in [1.29, 1.82) is 0 Å². The van der Waals surface area contributed by atoms with Crippen molar-refractivity contribution in [3.05, 3.63) is 47.7 Å². The van der Waals surface area contributed by atoms with Gasteiger partial charge in [0.2, 0.25) is 0 Å². The first-order chi connectivity index (χ1) is 10.8. The number of hydrogen-bond donors (Lipinski definition) is 1. The van der Waals surface area contributed by atoms with Gasteiger partial charge in [0.05, 0.1) is 13.7 Å². The fraction of sp³-hybridized carbons (Fsp3) is 0.600. The second kappa shape index (κ2) is 6.19. The number of hydrogen-bond acceptors (Lipinski definition) is 2. The lowest BCUT2D eigenvalue weighted by Crippen LogP contribution is -2.59. The molecule has 2 atom stereocenters. The van der Waals surface area contributed by atoms with Crippen molar-refractivity contribution in [1.82, 2.24) is 4.90 Å². The van der Waals surface area contributed by atoms with E-state index in [4.69, 9.17) is 0 Å². The summed E-state index contributed by atoms with van der Waals surface area (Å²) in [6.45, 7) is 12.3. The molecule has 126 valence electrons. The summed E-state index contributed by atoms with van der Waals surface area (Å²) in [5.41, 5.74) is 0.756. The number of nitrogens with zero attached hydrogens (tertiary/aromatic N) is 1. The van der Waals surface area contributed by atoms with Gasteiger partial charge in [-0.25, -0.2) is 0 Å². The molecule has 0 radical (unpaired) electrons. The number of piperidine rings is 2. The molecule has 1 aromatic carbocycles. The molecule has 2 bridgehead atoms. The van der Waals surface area contributed by atoms with Crippen molar-refractivity contribution in [2.24, 2.45) is 0 Å². The second-order valence-corrected chi connectivity index (χ2v) is 13.7. The minimum atomic E-state index is -1.53. The highest BCUT2D eigenvalue weighted by Crippen LogP contribution is 2.44. The van der Waals surface area contributed by atoms with E-state index in [2.05, 4.69) is 61.5 Å². The highest BCUT2D eigenvalue weighted by atomic mass is 28.3. The third-order valence-electron chi connectivity index (χ3n) is 5.83. The van der Waals surface area contributed by atoms with E-state index in [0.29, 0.717) is 12.1 Å². The third kappa shape index (κ3) is 3.47. The summed E-state index contributed by atoms with van der Waals surface area (Å²) < 4.78 is 0. The quantitative estimate of drug-likeness (QED) is 0.829. The Labute approximate surface area is 142 Å². The molecule has 3 rings (SSSR count). The van der Waals surface area contributed by atoms with E-state index in [1.807, 2.05) is 0 Å². The average Bonchev–Trinajstić information content (AvgIpc) is 2.48. The molecule has 3 heteroatoms. The van der Waals surface area contributed by atoms with Crippen LogP contribution in [0.15, 0.2) is 42.1 Å². The summed E-state index contributed by atoms with van der Waals surface area (Å²) in [5, 5.41) is 12.5. The van der Waals surface area contributed by atoms with Crippen molar-refractivity contribution < 1.29 is 5.11 Å². The molecule has 0 spiro atoms. The maximum atomic E-state index is 11.4. The molecular weight excluding hydrogens is 298 g/mol. The van der Waals surface area contributed by atoms with E-state index in [1.165, 1.54) is 24.8 Å². The molecule has 2 nitrogen and oxygen atoms in total. The second-order valence-electron chi connectivity index (χ2n) is 8.56. The van der Waals surface area contributed by atoms with Crippen molar-refractivity contribution in [2.75, 3.05) is 0 Å². The first-order valence-electron chi connectivity index (χ1n) is 9.01. The molecular formula is C20H31NOSi. The van der Waals surface area contributed by atoms with Crippen LogP contribution in [0.5, 0.6) is 0 Å². The predicted molar refractivity (Wildman–Crippen MR) is 100 cm³/mol. The molecule has 1 aromatic rings. The van der Waals surface area contributed by atoms with Gasteiger partial charge in [0, 0.05) is 18.6 Å². The van der Waals surface area contributed by atoms with Crippen LogP contribution in [0, 0.1) is 0 Å². The molecule has 2 fully saturated rings. The lowest BCUT2D eigenvalue weighted by atomic mass is 9.75. The van der Waals surface area contributed by atoms with E-state index in [1.54, 1.807) is 0 Å². The van der Waals surface area contributed by atoms with Gasteiger partial charge in [-0.3, -0.25) is 4.90 Å². The fourth-order valence-electron chi connectivity index (χ4n) is 4.52. The summed E-state index contributed by atoms with van der Waals surface area (Å²) in [6, 6.07) is 11.8. The van der Waals surface area contributed by atoms with Crippen LogP contribution in [0.4, 0.5) is 0 Å². The Bertz CT molecular complexity index is 549. The standard InChI is InChI=1S/C20H31NOSi/c1-16(23(2,3)4)20(22)13-18-11-8-12-19(14-20)21(18)15-17-9-6-5-7-10-17/h5-7,9-10,18-19,22H,1,8,11-15H2,2-4H3. The summed E-state index contributed by atoms with van der Waals surface area (Å²) in [7, 11) is -1.53. The van der Waals surface area contributed by atoms with Gasteiger partial charge in [0.15, 0.2) is 0 Å². The molecule has 0 aliphatic carbocycles. The zero-order valence-corrected chi connectivity index (χ0v) is 15.9. The maximum absolute atomic E-state index is 11.4. The number of benzene rings is 1. The van der Waals surface area contributed by atoms with Gasteiger partial charge in [0.1, 0.15) is 0 Å². The molecule has 0 saturated carbocycles. The van der Waals surface area contributed by atoms with Gasteiger partial charge in [-0.15, -0.1) is 6.58 Å². The number of aliphatic hydroxyl groups is 1. The summed E-state index contributed by atoms with van der Waals surface area (Å²) >= 11 is 0. The van der Waals surface area contributed by atoms with Gasteiger partial charge in [-0.05, 0) is 31.2 Å². The molecule has 23 heavy (non-hydrogen) atoms. The topological polar surface area (TPSA) is 23.5 Å². The van der Waals surface area contributed by atoms with Crippen LogP contribution >= 0.6 is 0 Å². The van der Waals surface area contributed by atoms with Crippen LogP contribution < -0.4 is 0 Å². The lowest BCUT2D eigenvalue weighted by molar-refractivity contribution is -0.0720. The van der Waals surface area contributed by atoms with Gasteiger partial charge in [0.25, 0.3) is 0 Å². The number of rotatable bonds is 4. The normalized spacial score (nSPS) is 31.8. The van der Waals surface area contributed by atoms with Crippen LogP contribution in [0.2, 0.25) is 19.6 Å². The van der Waals surface area contributed by atoms with Crippen molar-refractivity contribution >= 4 is 8.07 Å². The van der Waals surface area contributed by atoms with E-state index < -0.39 is 13.7 Å². The third-order valence-corrected chi connectivity index (χ3v) is 8.11. The van der Waals surface area contributed by atoms with Crippen molar-refractivity contribution in [2.45, 2.75) is 76.0 Å². The van der Waals surface area contributed by atoms with Crippen LogP contribution in [0.3, 0.4) is 0 Å². The van der Waals surface area contributed by atoms with E-state index in [9.17, 15) is 5.11 Å². The fourth-order valence-corrected chi connectivity index (χ4v) is 6.12. The maximum Gasteiger partial charge on any atom is 0.0849 e. The van der Waals surface area contributed by atoms with Crippen LogP contribution in [0.25, 0.3) is 0 Å². The van der Waals surface area contributed by atoms with E-state index >= 15 is 0 Å².